The molecule has 1 saturated heterocycles. The van der Waals surface area contributed by atoms with Crippen LogP contribution in [0.25, 0.3) is 0 Å². The topological polar surface area (TPSA) is 46.6 Å². The van der Waals surface area contributed by atoms with E-state index in [1.807, 2.05) is 30.3 Å². The van der Waals surface area contributed by atoms with Gasteiger partial charge in [0.05, 0.1) is 12.5 Å². The minimum atomic E-state index is -0.318. The van der Waals surface area contributed by atoms with Gasteiger partial charge in [0.1, 0.15) is 6.29 Å². The predicted molar refractivity (Wildman–Crippen MR) is 71.4 cm³/mol. The SMILES string of the molecule is CCOC(=O)[C@@H]1CN(Cc2ccccc2)C[C@H]1C=O. The van der Waals surface area contributed by atoms with Crippen molar-refractivity contribution < 1.29 is 14.3 Å². The van der Waals surface area contributed by atoms with Gasteiger partial charge in [-0.2, -0.15) is 0 Å². The fourth-order valence-electron chi connectivity index (χ4n) is 2.52. The van der Waals surface area contributed by atoms with Crippen molar-refractivity contribution in [1.29, 1.82) is 0 Å². The van der Waals surface area contributed by atoms with Crippen molar-refractivity contribution in [2.75, 3.05) is 19.7 Å². The lowest BCUT2D eigenvalue weighted by Gasteiger charge is -2.15. The van der Waals surface area contributed by atoms with Gasteiger partial charge in [-0.25, -0.2) is 0 Å². The van der Waals surface area contributed by atoms with Gasteiger partial charge >= 0.3 is 5.97 Å². The van der Waals surface area contributed by atoms with Crippen LogP contribution in [0.15, 0.2) is 30.3 Å². The van der Waals surface area contributed by atoms with Crippen molar-refractivity contribution >= 4 is 12.3 Å². The van der Waals surface area contributed by atoms with Crippen LogP contribution in [0.1, 0.15) is 12.5 Å². The Hall–Kier alpha value is -1.68. The van der Waals surface area contributed by atoms with E-state index in [0.717, 1.165) is 12.8 Å². The number of nitrogens with zero attached hydrogens (tertiary/aromatic N) is 1. The highest BCUT2D eigenvalue weighted by Gasteiger charge is 2.38. The molecule has 102 valence electrons. The fraction of sp³-hybridized carbons (Fsp3) is 0.467. The number of likely N-dealkylation sites (tertiary alicyclic amines) is 1. The number of carbonyl (C=O) groups excluding carboxylic acids is 2. The second-order valence-electron chi connectivity index (χ2n) is 4.84. The lowest BCUT2D eigenvalue weighted by atomic mass is 9.98. The molecule has 19 heavy (non-hydrogen) atoms. The first-order valence-corrected chi connectivity index (χ1v) is 6.62. The van der Waals surface area contributed by atoms with Crippen LogP contribution in [0.2, 0.25) is 0 Å². The largest absolute Gasteiger partial charge is 0.466 e. The van der Waals surface area contributed by atoms with Crippen LogP contribution < -0.4 is 0 Å². The van der Waals surface area contributed by atoms with E-state index in [9.17, 15) is 9.59 Å². The molecule has 1 aromatic rings. The van der Waals surface area contributed by atoms with Crippen molar-refractivity contribution in [2.24, 2.45) is 11.8 Å². The monoisotopic (exact) mass is 261 g/mol. The normalized spacial score (nSPS) is 23.2. The smallest absolute Gasteiger partial charge is 0.311 e. The molecule has 0 amide bonds. The molecule has 0 radical (unpaired) electrons. The van der Waals surface area contributed by atoms with E-state index in [4.69, 9.17) is 4.74 Å². The number of hydrogen-bond acceptors (Lipinski definition) is 4. The molecule has 0 N–H and O–H groups in total. The van der Waals surface area contributed by atoms with Crippen molar-refractivity contribution in [3.8, 4) is 0 Å². The van der Waals surface area contributed by atoms with Gasteiger partial charge in [-0.05, 0) is 12.5 Å². The summed E-state index contributed by atoms with van der Waals surface area (Å²) < 4.78 is 5.03. The summed E-state index contributed by atoms with van der Waals surface area (Å²) >= 11 is 0. The molecule has 0 bridgehead atoms. The van der Waals surface area contributed by atoms with Gasteiger partial charge in [0.2, 0.25) is 0 Å². The zero-order valence-electron chi connectivity index (χ0n) is 11.1. The molecule has 1 aliphatic heterocycles. The lowest BCUT2D eigenvalue weighted by Crippen LogP contribution is -2.26. The van der Waals surface area contributed by atoms with E-state index in [2.05, 4.69) is 4.90 Å². The number of benzene rings is 1. The Balaban J connectivity index is 1.98. The predicted octanol–water partition coefficient (Wildman–Crippen LogP) is 1.50. The summed E-state index contributed by atoms with van der Waals surface area (Å²) in [6.07, 6.45) is 0.882. The highest BCUT2D eigenvalue weighted by atomic mass is 16.5. The highest BCUT2D eigenvalue weighted by Crippen LogP contribution is 2.24. The molecule has 4 nitrogen and oxygen atoms in total. The molecule has 1 aliphatic rings. The van der Waals surface area contributed by atoms with Crippen LogP contribution in [0.4, 0.5) is 0 Å². The molecule has 0 aliphatic carbocycles. The van der Waals surface area contributed by atoms with Crippen molar-refractivity contribution in [2.45, 2.75) is 13.5 Å². The van der Waals surface area contributed by atoms with Gasteiger partial charge < -0.3 is 9.53 Å². The van der Waals surface area contributed by atoms with E-state index >= 15 is 0 Å². The number of esters is 1. The van der Waals surface area contributed by atoms with Gasteiger partial charge in [-0.3, -0.25) is 9.69 Å². The number of rotatable bonds is 5. The van der Waals surface area contributed by atoms with E-state index in [1.54, 1.807) is 6.92 Å². The Bertz CT molecular complexity index is 432. The Morgan fingerprint density at radius 1 is 1.37 bits per heavy atom. The number of ether oxygens (including phenoxy) is 1. The second kappa shape index (κ2) is 6.48. The Labute approximate surface area is 113 Å². The van der Waals surface area contributed by atoms with Crippen LogP contribution >= 0.6 is 0 Å². The summed E-state index contributed by atoms with van der Waals surface area (Å²) in [6, 6.07) is 10.1. The van der Waals surface area contributed by atoms with E-state index in [1.165, 1.54) is 5.56 Å². The second-order valence-corrected chi connectivity index (χ2v) is 4.84. The van der Waals surface area contributed by atoms with Gasteiger partial charge in [0, 0.05) is 25.6 Å². The minimum absolute atomic E-state index is 0.247. The van der Waals surface area contributed by atoms with Crippen LogP contribution in [0.3, 0.4) is 0 Å². The third-order valence-electron chi connectivity index (χ3n) is 3.45. The fourth-order valence-corrected chi connectivity index (χ4v) is 2.52. The molecule has 1 heterocycles. The standard InChI is InChI=1S/C15H19NO3/c1-2-19-15(18)14-10-16(9-13(14)11-17)8-12-6-4-3-5-7-12/h3-7,11,13-14H,2,8-10H2,1H3/t13-,14+/m0/s1. The van der Waals surface area contributed by atoms with E-state index in [-0.39, 0.29) is 17.8 Å². The quantitative estimate of drug-likeness (QED) is 0.595. The average Bonchev–Trinajstić information content (AvgIpc) is 2.83. The molecular weight excluding hydrogens is 242 g/mol. The third kappa shape index (κ3) is 3.41. The summed E-state index contributed by atoms with van der Waals surface area (Å²) in [5.41, 5.74) is 1.19. The maximum Gasteiger partial charge on any atom is 0.311 e. The maximum atomic E-state index is 11.8. The highest BCUT2D eigenvalue weighted by molar-refractivity contribution is 5.77. The van der Waals surface area contributed by atoms with Crippen molar-refractivity contribution in [3.05, 3.63) is 35.9 Å². The van der Waals surface area contributed by atoms with E-state index in [0.29, 0.717) is 19.7 Å². The van der Waals surface area contributed by atoms with Crippen LogP contribution in [-0.4, -0.2) is 36.9 Å². The molecule has 1 fully saturated rings. The summed E-state index contributed by atoms with van der Waals surface area (Å²) in [7, 11) is 0. The van der Waals surface area contributed by atoms with Crippen molar-refractivity contribution in [1.82, 2.24) is 4.90 Å². The molecule has 1 aromatic carbocycles. The number of aldehydes is 1. The Kier molecular flexibility index (Phi) is 4.68. The molecule has 0 saturated carbocycles. The molecule has 0 spiro atoms. The molecule has 0 aromatic heterocycles. The summed E-state index contributed by atoms with van der Waals surface area (Å²) in [4.78, 5) is 25.0. The first kappa shape index (κ1) is 13.7. The zero-order chi connectivity index (χ0) is 13.7. The number of hydrogen-bond donors (Lipinski definition) is 0. The van der Waals surface area contributed by atoms with Gasteiger partial charge in [0.25, 0.3) is 0 Å². The Morgan fingerprint density at radius 3 is 2.74 bits per heavy atom. The third-order valence-corrected chi connectivity index (χ3v) is 3.45. The summed E-state index contributed by atoms with van der Waals surface area (Å²) in [5, 5.41) is 0. The minimum Gasteiger partial charge on any atom is -0.466 e. The number of carbonyl (C=O) groups is 2. The molecule has 2 atom stereocenters. The zero-order valence-corrected chi connectivity index (χ0v) is 11.1. The average molecular weight is 261 g/mol. The molecule has 4 heteroatoms. The first-order chi connectivity index (χ1) is 9.24. The lowest BCUT2D eigenvalue weighted by molar-refractivity contribution is -0.149. The maximum absolute atomic E-state index is 11.8. The Morgan fingerprint density at radius 2 is 2.11 bits per heavy atom. The van der Waals surface area contributed by atoms with Gasteiger partial charge in [-0.1, -0.05) is 30.3 Å². The summed E-state index contributed by atoms with van der Waals surface area (Å²) in [5.74, 6) is -0.820. The van der Waals surface area contributed by atoms with Gasteiger partial charge in [0.15, 0.2) is 0 Å². The molecule has 0 unspecified atom stereocenters. The van der Waals surface area contributed by atoms with Crippen molar-refractivity contribution in [3.63, 3.8) is 0 Å². The molecule has 2 rings (SSSR count). The van der Waals surface area contributed by atoms with Crippen LogP contribution in [0, 0.1) is 11.8 Å². The van der Waals surface area contributed by atoms with Gasteiger partial charge in [-0.15, -0.1) is 0 Å². The summed E-state index contributed by atoms with van der Waals surface area (Å²) in [6.45, 7) is 4.13. The van der Waals surface area contributed by atoms with Crippen LogP contribution in [-0.2, 0) is 20.9 Å². The molecular formula is C15H19NO3. The first-order valence-electron chi connectivity index (χ1n) is 6.62. The van der Waals surface area contributed by atoms with E-state index < -0.39 is 0 Å². The van der Waals surface area contributed by atoms with Crippen LogP contribution in [0.5, 0.6) is 0 Å².